The fourth-order valence-electron chi connectivity index (χ4n) is 2.11. The number of carbonyl (C=O) groups is 1. The molecule has 0 aliphatic rings. The van der Waals surface area contributed by atoms with Crippen LogP contribution in [0.4, 0.5) is 0 Å². The number of hydrogen-bond acceptors (Lipinski definition) is 3. The van der Waals surface area contributed by atoms with Gasteiger partial charge >= 0.3 is 0 Å². The van der Waals surface area contributed by atoms with Crippen LogP contribution in [0.25, 0.3) is 0 Å². The van der Waals surface area contributed by atoms with Gasteiger partial charge in [0.1, 0.15) is 0 Å². The predicted molar refractivity (Wildman–Crippen MR) is 93.3 cm³/mol. The maximum Gasteiger partial charge on any atom is 0.167 e. The molecule has 0 saturated carbocycles. The van der Waals surface area contributed by atoms with Gasteiger partial charge in [-0.3, -0.25) is 4.79 Å². The SMILES string of the molecule is CC(C)(C)S(=O)(=O)Cc1ccc(C(=O)Cc2ccccc2)cc1. The van der Waals surface area contributed by atoms with Gasteiger partial charge in [-0.05, 0) is 31.9 Å². The van der Waals surface area contributed by atoms with Gasteiger partial charge in [-0.2, -0.15) is 0 Å². The van der Waals surface area contributed by atoms with Gasteiger partial charge in [0.25, 0.3) is 0 Å². The van der Waals surface area contributed by atoms with E-state index in [-0.39, 0.29) is 11.5 Å². The molecule has 0 radical (unpaired) electrons. The molecule has 2 aromatic carbocycles. The maximum absolute atomic E-state index is 12.3. The van der Waals surface area contributed by atoms with Crippen LogP contribution < -0.4 is 0 Å². The van der Waals surface area contributed by atoms with E-state index in [1.54, 1.807) is 45.0 Å². The number of benzene rings is 2. The zero-order valence-corrected chi connectivity index (χ0v) is 14.6. The minimum absolute atomic E-state index is 0.0103. The molecule has 0 N–H and O–H groups in total. The molecular weight excluding hydrogens is 308 g/mol. The Balaban J connectivity index is 2.09. The van der Waals surface area contributed by atoms with Crippen LogP contribution in [0.5, 0.6) is 0 Å². The van der Waals surface area contributed by atoms with Gasteiger partial charge in [0, 0.05) is 12.0 Å². The quantitative estimate of drug-likeness (QED) is 0.783. The number of carbonyl (C=O) groups excluding carboxylic acids is 1. The summed E-state index contributed by atoms with van der Waals surface area (Å²) in [5.74, 6) is 0.0188. The molecule has 23 heavy (non-hydrogen) atoms. The van der Waals surface area contributed by atoms with Crippen molar-refractivity contribution in [3.8, 4) is 0 Å². The van der Waals surface area contributed by atoms with E-state index in [2.05, 4.69) is 0 Å². The monoisotopic (exact) mass is 330 g/mol. The van der Waals surface area contributed by atoms with Crippen molar-refractivity contribution in [1.29, 1.82) is 0 Å². The van der Waals surface area contributed by atoms with E-state index >= 15 is 0 Å². The number of ketones is 1. The van der Waals surface area contributed by atoms with Crippen molar-refractivity contribution < 1.29 is 13.2 Å². The van der Waals surface area contributed by atoms with Gasteiger partial charge in [0.2, 0.25) is 0 Å². The Morgan fingerprint density at radius 3 is 1.96 bits per heavy atom. The first kappa shape index (κ1) is 17.4. The zero-order chi connectivity index (χ0) is 17.1. The largest absolute Gasteiger partial charge is 0.294 e. The second-order valence-corrected chi connectivity index (χ2v) is 9.40. The standard InChI is InChI=1S/C19H22O3S/c1-19(2,3)23(21,22)14-16-9-11-17(12-10-16)18(20)13-15-7-5-4-6-8-15/h4-12H,13-14H2,1-3H3. The third-order valence-corrected chi connectivity index (χ3v) is 6.35. The molecule has 0 saturated heterocycles. The normalized spacial score (nSPS) is 12.1. The van der Waals surface area contributed by atoms with Crippen LogP contribution in [0, 0.1) is 0 Å². The highest BCUT2D eigenvalue weighted by Crippen LogP contribution is 2.21. The van der Waals surface area contributed by atoms with Crippen LogP contribution in [0.2, 0.25) is 0 Å². The highest BCUT2D eigenvalue weighted by Gasteiger charge is 2.28. The van der Waals surface area contributed by atoms with E-state index in [1.165, 1.54) is 0 Å². The molecule has 0 spiro atoms. The van der Waals surface area contributed by atoms with Crippen molar-refractivity contribution in [2.24, 2.45) is 0 Å². The first-order valence-electron chi connectivity index (χ1n) is 7.57. The van der Waals surface area contributed by atoms with E-state index < -0.39 is 14.6 Å². The van der Waals surface area contributed by atoms with E-state index in [9.17, 15) is 13.2 Å². The molecule has 0 aliphatic heterocycles. The van der Waals surface area contributed by atoms with Crippen molar-refractivity contribution in [1.82, 2.24) is 0 Å². The lowest BCUT2D eigenvalue weighted by Crippen LogP contribution is -2.29. The van der Waals surface area contributed by atoms with Crippen molar-refractivity contribution in [3.63, 3.8) is 0 Å². The molecule has 0 fully saturated rings. The number of sulfone groups is 1. The Hall–Kier alpha value is -1.94. The number of hydrogen-bond donors (Lipinski definition) is 0. The van der Waals surface area contributed by atoms with Crippen LogP contribution >= 0.6 is 0 Å². The lowest BCUT2D eigenvalue weighted by molar-refractivity contribution is 0.0993. The highest BCUT2D eigenvalue weighted by molar-refractivity contribution is 7.91. The Labute approximate surface area is 138 Å². The van der Waals surface area contributed by atoms with Crippen molar-refractivity contribution in [3.05, 3.63) is 71.3 Å². The van der Waals surface area contributed by atoms with Crippen molar-refractivity contribution >= 4 is 15.6 Å². The maximum atomic E-state index is 12.3. The lowest BCUT2D eigenvalue weighted by atomic mass is 10.0. The molecule has 0 aliphatic carbocycles. The highest BCUT2D eigenvalue weighted by atomic mass is 32.2. The topological polar surface area (TPSA) is 51.2 Å². The van der Waals surface area contributed by atoms with Gasteiger partial charge < -0.3 is 0 Å². The first-order valence-corrected chi connectivity index (χ1v) is 9.23. The molecule has 3 nitrogen and oxygen atoms in total. The Morgan fingerprint density at radius 1 is 0.870 bits per heavy atom. The summed E-state index contributed by atoms with van der Waals surface area (Å²) in [6.07, 6.45) is 0.348. The van der Waals surface area contributed by atoms with Crippen LogP contribution in [0.3, 0.4) is 0 Å². The average molecular weight is 330 g/mol. The fourth-order valence-corrected chi connectivity index (χ4v) is 3.17. The third kappa shape index (κ3) is 4.52. The minimum Gasteiger partial charge on any atom is -0.294 e. The summed E-state index contributed by atoms with van der Waals surface area (Å²) in [6.45, 7) is 5.08. The second-order valence-electron chi connectivity index (χ2n) is 6.65. The fraction of sp³-hybridized carbons (Fsp3) is 0.316. The summed E-state index contributed by atoms with van der Waals surface area (Å²) >= 11 is 0. The van der Waals surface area contributed by atoms with Crippen LogP contribution in [-0.2, 0) is 22.0 Å². The summed E-state index contributed by atoms with van der Waals surface area (Å²) in [7, 11) is -3.22. The molecule has 0 heterocycles. The zero-order valence-electron chi connectivity index (χ0n) is 13.7. The summed E-state index contributed by atoms with van der Waals surface area (Å²) < 4.78 is 23.6. The van der Waals surface area contributed by atoms with Crippen molar-refractivity contribution in [2.75, 3.05) is 0 Å². The summed E-state index contributed by atoms with van der Waals surface area (Å²) in [5, 5.41) is 0. The van der Waals surface area contributed by atoms with Crippen LogP contribution in [0.15, 0.2) is 54.6 Å². The van der Waals surface area contributed by atoms with Crippen LogP contribution in [-0.4, -0.2) is 18.9 Å². The van der Waals surface area contributed by atoms with E-state index in [0.717, 1.165) is 5.56 Å². The van der Waals surface area contributed by atoms with Gasteiger partial charge in [0.15, 0.2) is 15.6 Å². The van der Waals surface area contributed by atoms with E-state index in [1.807, 2.05) is 30.3 Å². The molecule has 0 unspecified atom stereocenters. The van der Waals surface area contributed by atoms with Crippen molar-refractivity contribution in [2.45, 2.75) is 37.7 Å². The van der Waals surface area contributed by atoms with Gasteiger partial charge in [0.05, 0.1) is 10.5 Å². The number of Topliss-reactive ketones (excluding diaryl/α,β-unsaturated/α-hetero) is 1. The summed E-state index contributed by atoms with van der Waals surface area (Å²) in [5.41, 5.74) is 2.28. The van der Waals surface area contributed by atoms with E-state index in [4.69, 9.17) is 0 Å². The Bertz CT molecular complexity index is 768. The molecule has 0 bridgehead atoms. The molecular formula is C19H22O3S. The van der Waals surface area contributed by atoms with E-state index in [0.29, 0.717) is 17.5 Å². The predicted octanol–water partition coefficient (Wildman–Crippen LogP) is 3.83. The molecule has 2 rings (SSSR count). The molecule has 0 amide bonds. The molecule has 0 atom stereocenters. The van der Waals surface area contributed by atoms with Gasteiger partial charge in [-0.15, -0.1) is 0 Å². The van der Waals surface area contributed by atoms with Gasteiger partial charge in [-0.25, -0.2) is 8.42 Å². The second kappa shape index (κ2) is 6.67. The Morgan fingerprint density at radius 2 is 1.43 bits per heavy atom. The molecule has 122 valence electrons. The molecule has 4 heteroatoms. The third-order valence-electron chi connectivity index (χ3n) is 3.77. The number of rotatable bonds is 5. The summed E-state index contributed by atoms with van der Waals surface area (Å²) in [6, 6.07) is 16.4. The Kier molecular flexibility index (Phi) is 5.05. The minimum atomic E-state index is -3.22. The average Bonchev–Trinajstić information content (AvgIpc) is 2.47. The molecule has 2 aromatic rings. The smallest absolute Gasteiger partial charge is 0.167 e. The molecule has 0 aromatic heterocycles. The van der Waals surface area contributed by atoms with Crippen LogP contribution in [0.1, 0.15) is 42.3 Å². The van der Waals surface area contributed by atoms with Gasteiger partial charge in [-0.1, -0.05) is 54.6 Å². The lowest BCUT2D eigenvalue weighted by Gasteiger charge is -2.19. The summed E-state index contributed by atoms with van der Waals surface area (Å²) in [4.78, 5) is 12.3. The first-order chi connectivity index (χ1) is 10.7.